The fourth-order valence-electron chi connectivity index (χ4n) is 12.1. The minimum absolute atomic E-state index is 0.250. The summed E-state index contributed by atoms with van der Waals surface area (Å²) in [5.41, 5.74) is 20.6. The number of benzene rings is 10. The first kappa shape index (κ1) is 40.4. The second-order valence-corrected chi connectivity index (χ2v) is 20.6. The molecule has 0 bridgehead atoms. The van der Waals surface area contributed by atoms with E-state index in [1.54, 1.807) is 0 Å². The van der Waals surface area contributed by atoms with Crippen molar-refractivity contribution in [2.75, 3.05) is 14.7 Å². The van der Waals surface area contributed by atoms with E-state index in [-0.39, 0.29) is 16.2 Å². The molecule has 328 valence electrons. The molecule has 0 saturated carbocycles. The minimum atomic E-state index is -0.368. The van der Waals surface area contributed by atoms with Crippen LogP contribution in [0, 0.1) is 0 Å². The summed E-state index contributed by atoms with van der Waals surface area (Å²) in [5.74, 6) is 0. The molecule has 3 aliphatic heterocycles. The van der Waals surface area contributed by atoms with Gasteiger partial charge in [0.05, 0.1) is 28.4 Å². The Labute approximate surface area is 400 Å². The van der Waals surface area contributed by atoms with Crippen LogP contribution in [-0.2, 0) is 16.2 Å². The van der Waals surface area contributed by atoms with Crippen molar-refractivity contribution in [1.29, 1.82) is 0 Å². The third-order valence-corrected chi connectivity index (χ3v) is 15.7. The van der Waals surface area contributed by atoms with E-state index in [9.17, 15) is 0 Å². The van der Waals surface area contributed by atoms with Gasteiger partial charge in [0.15, 0.2) is 0 Å². The maximum atomic E-state index is 2.69. The SMILES string of the molecule is CC1(C)c2cccc3c2N2c4c1cc(-c1ccc(N(c5ccccc5)c5ccccc5)cc1)cc4C(C)(C)c1cc(N(c4cccc5ccccc45)c4cccc5ccccc45)cc(c12)C3(C)C. The zero-order chi connectivity index (χ0) is 46.1. The van der Waals surface area contributed by atoms with Crippen LogP contribution in [0.2, 0.25) is 0 Å². The highest BCUT2D eigenvalue weighted by Gasteiger charge is 2.52. The molecule has 3 heteroatoms. The van der Waals surface area contributed by atoms with E-state index in [1.807, 2.05) is 0 Å². The summed E-state index contributed by atoms with van der Waals surface area (Å²) >= 11 is 0. The molecule has 3 aliphatic rings. The normalized spacial score (nSPS) is 15.2. The van der Waals surface area contributed by atoms with Gasteiger partial charge in [0.2, 0.25) is 0 Å². The molecule has 0 spiro atoms. The topological polar surface area (TPSA) is 9.72 Å². The van der Waals surface area contributed by atoms with Gasteiger partial charge in [-0.15, -0.1) is 0 Å². The summed E-state index contributed by atoms with van der Waals surface area (Å²) in [7, 11) is 0. The average molecular weight is 876 g/mol. The Bertz CT molecular complexity index is 3530. The van der Waals surface area contributed by atoms with Gasteiger partial charge in [-0.25, -0.2) is 0 Å². The van der Waals surface area contributed by atoms with Crippen LogP contribution in [-0.4, -0.2) is 0 Å². The lowest BCUT2D eigenvalue weighted by molar-refractivity contribution is 0.567. The number of rotatable bonds is 7. The Morgan fingerprint density at radius 3 is 1.18 bits per heavy atom. The van der Waals surface area contributed by atoms with Crippen molar-refractivity contribution in [3.8, 4) is 11.1 Å². The Morgan fingerprint density at radius 2 is 0.676 bits per heavy atom. The van der Waals surface area contributed by atoms with E-state index in [4.69, 9.17) is 0 Å². The molecule has 0 fully saturated rings. The van der Waals surface area contributed by atoms with Crippen LogP contribution in [0.5, 0.6) is 0 Å². The first-order valence-corrected chi connectivity index (χ1v) is 24.1. The predicted octanol–water partition coefficient (Wildman–Crippen LogP) is 18.0. The average Bonchev–Trinajstić information content (AvgIpc) is 3.37. The number of anilines is 9. The molecule has 0 N–H and O–H groups in total. The lowest BCUT2D eigenvalue weighted by Crippen LogP contribution is -2.43. The third kappa shape index (κ3) is 5.72. The molecule has 0 aliphatic carbocycles. The molecule has 68 heavy (non-hydrogen) atoms. The summed E-state index contributed by atoms with van der Waals surface area (Å²) in [5, 5.41) is 4.90. The van der Waals surface area contributed by atoms with Gasteiger partial charge in [-0.1, -0.05) is 181 Å². The standard InChI is InChI=1S/C65H53N3/c1-63(2)52-30-19-31-53-60(52)68-61-54(63)38-45(42-34-36-48(37-35-42)66(46-24-9-7-10-25-46)47-26-11-8-12-27-47)39-55(61)65(5,6)57-41-49(40-56(62(57)68)64(53,3)4)67(58-32-17-22-43-20-13-15-28-50(43)58)59-33-18-23-44-21-14-16-29-51(44)59/h7-41H,1-6H3. The van der Waals surface area contributed by atoms with Gasteiger partial charge in [-0.05, 0) is 128 Å². The lowest BCUT2D eigenvalue weighted by Gasteiger charge is -2.55. The largest absolute Gasteiger partial charge is 0.311 e. The van der Waals surface area contributed by atoms with Crippen LogP contribution in [0.15, 0.2) is 212 Å². The first-order valence-electron chi connectivity index (χ1n) is 24.1. The smallest absolute Gasteiger partial charge is 0.0545 e. The fourth-order valence-corrected chi connectivity index (χ4v) is 12.1. The number of hydrogen-bond donors (Lipinski definition) is 0. The molecule has 0 radical (unpaired) electrons. The minimum Gasteiger partial charge on any atom is -0.311 e. The second-order valence-electron chi connectivity index (χ2n) is 20.6. The van der Waals surface area contributed by atoms with Gasteiger partial charge in [-0.2, -0.15) is 0 Å². The monoisotopic (exact) mass is 875 g/mol. The van der Waals surface area contributed by atoms with Crippen molar-refractivity contribution in [2.24, 2.45) is 0 Å². The van der Waals surface area contributed by atoms with Crippen LogP contribution >= 0.6 is 0 Å². The maximum Gasteiger partial charge on any atom is 0.0545 e. The molecule has 0 unspecified atom stereocenters. The molecule has 3 nitrogen and oxygen atoms in total. The number of para-hydroxylation sites is 3. The summed E-state index contributed by atoms with van der Waals surface area (Å²) in [6, 6.07) is 78.9. The summed E-state index contributed by atoms with van der Waals surface area (Å²) in [6.45, 7) is 14.7. The number of fused-ring (bicyclic) bond motifs is 2. The Balaban J connectivity index is 1.05. The van der Waals surface area contributed by atoms with Gasteiger partial charge in [0.25, 0.3) is 0 Å². The van der Waals surface area contributed by atoms with Crippen LogP contribution in [0.25, 0.3) is 32.7 Å². The van der Waals surface area contributed by atoms with E-state index in [1.165, 1.54) is 100 Å². The lowest BCUT2D eigenvalue weighted by atomic mass is 9.60. The van der Waals surface area contributed by atoms with Crippen molar-refractivity contribution in [3.63, 3.8) is 0 Å². The number of hydrogen-bond acceptors (Lipinski definition) is 3. The van der Waals surface area contributed by atoms with Crippen molar-refractivity contribution < 1.29 is 0 Å². The van der Waals surface area contributed by atoms with Crippen LogP contribution in [0.1, 0.15) is 74.9 Å². The van der Waals surface area contributed by atoms with Gasteiger partial charge >= 0.3 is 0 Å². The Kier molecular flexibility index (Phi) is 8.65. The molecule has 13 rings (SSSR count). The maximum absolute atomic E-state index is 2.69. The zero-order valence-electron chi connectivity index (χ0n) is 39.5. The highest BCUT2D eigenvalue weighted by molar-refractivity contribution is 6.06. The molecule has 0 atom stereocenters. The van der Waals surface area contributed by atoms with Crippen molar-refractivity contribution in [2.45, 2.75) is 57.8 Å². The Morgan fingerprint density at radius 1 is 0.294 bits per heavy atom. The van der Waals surface area contributed by atoms with Gasteiger partial charge in [0.1, 0.15) is 0 Å². The third-order valence-electron chi connectivity index (χ3n) is 15.7. The van der Waals surface area contributed by atoms with Gasteiger partial charge in [-0.3, -0.25) is 0 Å². The molecular weight excluding hydrogens is 823 g/mol. The summed E-state index contributed by atoms with van der Waals surface area (Å²) < 4.78 is 0. The van der Waals surface area contributed by atoms with Crippen molar-refractivity contribution >= 4 is 72.7 Å². The molecule has 3 heterocycles. The van der Waals surface area contributed by atoms with Gasteiger partial charge < -0.3 is 14.7 Å². The fraction of sp³-hybridized carbons (Fsp3) is 0.138. The van der Waals surface area contributed by atoms with E-state index in [0.717, 1.165) is 17.1 Å². The van der Waals surface area contributed by atoms with Crippen molar-refractivity contribution in [1.82, 2.24) is 0 Å². The summed E-state index contributed by atoms with van der Waals surface area (Å²) in [4.78, 5) is 7.58. The first-order chi connectivity index (χ1) is 33.0. The highest BCUT2D eigenvalue weighted by Crippen LogP contribution is 2.67. The second kappa shape index (κ2) is 14.6. The predicted molar refractivity (Wildman–Crippen MR) is 287 cm³/mol. The summed E-state index contributed by atoms with van der Waals surface area (Å²) in [6.07, 6.45) is 0. The molecule has 0 aromatic heterocycles. The van der Waals surface area contributed by atoms with Gasteiger partial charge in [0, 0.05) is 49.8 Å². The van der Waals surface area contributed by atoms with E-state index >= 15 is 0 Å². The quantitative estimate of drug-likeness (QED) is 0.158. The van der Waals surface area contributed by atoms with E-state index < -0.39 is 0 Å². The van der Waals surface area contributed by atoms with Crippen LogP contribution in [0.4, 0.5) is 51.2 Å². The molecule has 10 aromatic rings. The van der Waals surface area contributed by atoms with Crippen LogP contribution < -0.4 is 14.7 Å². The highest BCUT2D eigenvalue weighted by atomic mass is 15.2. The molecule has 0 saturated heterocycles. The van der Waals surface area contributed by atoms with E-state index in [2.05, 4.69) is 269 Å². The molecular formula is C65H53N3. The van der Waals surface area contributed by atoms with Crippen LogP contribution in [0.3, 0.4) is 0 Å². The molecule has 0 amide bonds. The molecule has 10 aromatic carbocycles. The number of nitrogens with zero attached hydrogens (tertiary/aromatic N) is 3. The van der Waals surface area contributed by atoms with Crippen molar-refractivity contribution in [3.05, 3.63) is 246 Å². The van der Waals surface area contributed by atoms with E-state index in [0.29, 0.717) is 0 Å². The zero-order valence-corrected chi connectivity index (χ0v) is 39.5. The Hall–Kier alpha value is -7.88.